The number of nitrogens with zero attached hydrogens (tertiary/aromatic N) is 1. The van der Waals surface area contributed by atoms with Gasteiger partial charge in [-0.15, -0.1) is 0 Å². The van der Waals surface area contributed by atoms with E-state index in [9.17, 15) is 27.8 Å². The largest absolute Gasteiger partial charge is 0.497 e. The van der Waals surface area contributed by atoms with Crippen LogP contribution in [0.15, 0.2) is 36.5 Å². The van der Waals surface area contributed by atoms with Crippen LogP contribution in [0.5, 0.6) is 5.75 Å². The van der Waals surface area contributed by atoms with Gasteiger partial charge in [-0.3, -0.25) is 4.98 Å². The molecule has 1 aromatic heterocycles. The number of methoxy groups -OCH3 is 1. The molecule has 3 N–H and O–H groups in total. The molecular formula is C28H32F4N2O3. The second-order valence-electron chi connectivity index (χ2n) is 9.83. The first-order chi connectivity index (χ1) is 17.7. The third-order valence-electron chi connectivity index (χ3n) is 7.63. The van der Waals surface area contributed by atoms with Gasteiger partial charge in [-0.2, -0.15) is 0 Å². The Bertz CT molecular complexity index is 1210. The van der Waals surface area contributed by atoms with Crippen LogP contribution in [-0.2, 0) is 6.42 Å². The lowest BCUT2D eigenvalue weighted by molar-refractivity contribution is -0.0211. The van der Waals surface area contributed by atoms with Crippen LogP contribution in [0.2, 0.25) is 0 Å². The van der Waals surface area contributed by atoms with Gasteiger partial charge in [0.1, 0.15) is 29.0 Å². The van der Waals surface area contributed by atoms with Crippen molar-refractivity contribution in [2.75, 3.05) is 20.2 Å². The predicted octanol–water partition coefficient (Wildman–Crippen LogP) is 5.37. The molecule has 2 atom stereocenters. The van der Waals surface area contributed by atoms with Gasteiger partial charge >= 0.3 is 0 Å². The summed E-state index contributed by atoms with van der Waals surface area (Å²) >= 11 is 0. The Morgan fingerprint density at radius 1 is 1.00 bits per heavy atom. The molecule has 1 fully saturated rings. The number of hydrogen-bond donors (Lipinski definition) is 3. The van der Waals surface area contributed by atoms with Gasteiger partial charge in [0.2, 0.25) is 0 Å². The summed E-state index contributed by atoms with van der Waals surface area (Å²) in [7, 11) is 1.51. The number of aliphatic hydroxyl groups is 2. The third-order valence-corrected chi connectivity index (χ3v) is 7.63. The number of halogens is 4. The molecule has 0 radical (unpaired) electrons. The first kappa shape index (κ1) is 27.3. The zero-order chi connectivity index (χ0) is 26.6. The van der Waals surface area contributed by atoms with Crippen molar-refractivity contribution in [2.24, 2.45) is 5.41 Å². The molecule has 0 amide bonds. The molecule has 2 heterocycles. The number of aliphatic hydroxyl groups excluding tert-OH is 2. The van der Waals surface area contributed by atoms with E-state index < -0.39 is 40.9 Å². The smallest absolute Gasteiger partial charge is 0.147 e. The lowest BCUT2D eigenvalue weighted by Gasteiger charge is -2.42. The Morgan fingerprint density at radius 2 is 1.70 bits per heavy atom. The van der Waals surface area contributed by atoms with E-state index in [1.54, 1.807) is 18.2 Å². The van der Waals surface area contributed by atoms with Crippen LogP contribution in [0.4, 0.5) is 17.6 Å². The Balaban J connectivity index is 1.47. The number of nitrogens with one attached hydrogen (secondary N) is 1. The van der Waals surface area contributed by atoms with Crippen molar-refractivity contribution in [3.8, 4) is 5.75 Å². The van der Waals surface area contributed by atoms with Gasteiger partial charge in [0.25, 0.3) is 0 Å². The first-order valence-electron chi connectivity index (χ1n) is 12.6. The minimum Gasteiger partial charge on any atom is -0.497 e. The molecule has 37 heavy (non-hydrogen) atoms. The van der Waals surface area contributed by atoms with Crippen molar-refractivity contribution in [3.05, 3.63) is 70.9 Å². The van der Waals surface area contributed by atoms with Gasteiger partial charge in [-0.1, -0.05) is 0 Å². The minimum absolute atomic E-state index is 0.0298. The highest BCUT2D eigenvalue weighted by Gasteiger charge is 2.39. The highest BCUT2D eigenvalue weighted by atomic mass is 19.1. The van der Waals surface area contributed by atoms with E-state index in [0.29, 0.717) is 67.6 Å². The SMILES string of the molecule is COc1ccc2ncc(F)c([C@H](O)CCC3([C@@H](O)CCCc4c(F)cc(F)cc4F)CCNCC3)c2c1. The Morgan fingerprint density at radius 3 is 2.38 bits per heavy atom. The Labute approximate surface area is 213 Å². The molecule has 0 spiro atoms. The fourth-order valence-electron chi connectivity index (χ4n) is 5.47. The molecular weight excluding hydrogens is 488 g/mol. The van der Waals surface area contributed by atoms with E-state index in [0.717, 1.165) is 6.20 Å². The number of pyridine rings is 1. The molecule has 0 aliphatic carbocycles. The molecule has 1 aliphatic heterocycles. The number of fused-ring (bicyclic) bond motifs is 1. The molecule has 2 aromatic carbocycles. The van der Waals surface area contributed by atoms with E-state index in [4.69, 9.17) is 4.74 Å². The highest BCUT2D eigenvalue weighted by molar-refractivity contribution is 5.84. The average molecular weight is 521 g/mol. The van der Waals surface area contributed by atoms with Gasteiger partial charge in [0.05, 0.1) is 31.0 Å². The number of benzene rings is 2. The summed E-state index contributed by atoms with van der Waals surface area (Å²) in [5.41, 5.74) is -0.0555. The summed E-state index contributed by atoms with van der Waals surface area (Å²) in [6, 6.07) is 6.37. The standard InChI is InChI=1S/C28H32F4N2O3/c1-37-18-5-6-24-20(15-18)27(23(32)16-34-24)25(35)7-8-28(9-11-33-12-10-28)26(36)4-2-3-19-21(30)13-17(29)14-22(19)31/h5-6,13-16,25-26,33,35-36H,2-4,7-12H2,1H3/t25-,26+/m1/s1. The monoisotopic (exact) mass is 520 g/mol. The van der Waals surface area contributed by atoms with Crippen molar-refractivity contribution in [1.29, 1.82) is 0 Å². The van der Waals surface area contributed by atoms with E-state index >= 15 is 0 Å². The lowest BCUT2D eigenvalue weighted by Crippen LogP contribution is -2.44. The van der Waals surface area contributed by atoms with Gasteiger partial charge in [0, 0.05) is 28.6 Å². The normalized spacial score (nSPS) is 17.1. The summed E-state index contributed by atoms with van der Waals surface area (Å²) in [4.78, 5) is 4.10. The van der Waals surface area contributed by atoms with Crippen molar-refractivity contribution < 1.29 is 32.5 Å². The second kappa shape index (κ2) is 11.8. The summed E-state index contributed by atoms with van der Waals surface area (Å²) in [5, 5.41) is 26.0. The number of ether oxygens (including phenoxy) is 1. The molecule has 3 aromatic rings. The van der Waals surface area contributed by atoms with Crippen LogP contribution >= 0.6 is 0 Å². The fourth-order valence-corrected chi connectivity index (χ4v) is 5.47. The van der Waals surface area contributed by atoms with Gasteiger partial charge in [-0.05, 0) is 81.6 Å². The van der Waals surface area contributed by atoms with Crippen LogP contribution in [0.1, 0.15) is 55.8 Å². The third kappa shape index (κ3) is 6.05. The van der Waals surface area contributed by atoms with Crippen molar-refractivity contribution in [2.45, 2.75) is 57.2 Å². The average Bonchev–Trinajstić information content (AvgIpc) is 2.88. The topological polar surface area (TPSA) is 74.6 Å². The molecule has 1 aliphatic rings. The molecule has 0 bridgehead atoms. The van der Waals surface area contributed by atoms with Crippen LogP contribution in [0.25, 0.3) is 10.9 Å². The first-order valence-corrected chi connectivity index (χ1v) is 12.6. The second-order valence-corrected chi connectivity index (χ2v) is 9.83. The molecule has 5 nitrogen and oxygen atoms in total. The van der Waals surface area contributed by atoms with Crippen LogP contribution < -0.4 is 10.1 Å². The Kier molecular flexibility index (Phi) is 8.67. The molecule has 1 saturated heterocycles. The number of piperidine rings is 1. The van der Waals surface area contributed by atoms with E-state index in [1.807, 2.05) is 0 Å². The maximum atomic E-state index is 14.8. The number of rotatable bonds is 10. The predicted molar refractivity (Wildman–Crippen MR) is 132 cm³/mol. The summed E-state index contributed by atoms with van der Waals surface area (Å²) in [5.74, 6) is -2.93. The zero-order valence-electron chi connectivity index (χ0n) is 20.7. The minimum atomic E-state index is -1.13. The molecule has 9 heteroatoms. The van der Waals surface area contributed by atoms with Gasteiger partial charge in [0.15, 0.2) is 0 Å². The van der Waals surface area contributed by atoms with E-state index in [1.165, 1.54) is 7.11 Å². The summed E-state index contributed by atoms with van der Waals surface area (Å²) in [6.07, 6.45) is 1.75. The maximum absolute atomic E-state index is 14.8. The van der Waals surface area contributed by atoms with Gasteiger partial charge < -0.3 is 20.3 Å². The fraction of sp³-hybridized carbons (Fsp3) is 0.464. The van der Waals surface area contributed by atoms with E-state index in [2.05, 4.69) is 10.3 Å². The van der Waals surface area contributed by atoms with Gasteiger partial charge in [-0.25, -0.2) is 17.6 Å². The highest BCUT2D eigenvalue weighted by Crippen LogP contribution is 2.42. The van der Waals surface area contributed by atoms with Crippen molar-refractivity contribution in [3.63, 3.8) is 0 Å². The summed E-state index contributed by atoms with van der Waals surface area (Å²) in [6.45, 7) is 1.36. The molecule has 0 saturated carbocycles. The Hall–Kier alpha value is -2.75. The maximum Gasteiger partial charge on any atom is 0.147 e. The van der Waals surface area contributed by atoms with Crippen LogP contribution in [-0.4, -0.2) is 41.5 Å². The van der Waals surface area contributed by atoms with Crippen molar-refractivity contribution in [1.82, 2.24) is 10.3 Å². The molecule has 4 rings (SSSR count). The van der Waals surface area contributed by atoms with Crippen LogP contribution in [0, 0.1) is 28.7 Å². The summed E-state index contributed by atoms with van der Waals surface area (Å²) < 4.78 is 61.3. The van der Waals surface area contributed by atoms with Crippen molar-refractivity contribution >= 4 is 10.9 Å². The van der Waals surface area contributed by atoms with Crippen LogP contribution in [0.3, 0.4) is 0 Å². The number of aromatic nitrogens is 1. The molecule has 0 unspecified atom stereocenters. The number of hydrogen-bond acceptors (Lipinski definition) is 5. The quantitative estimate of drug-likeness (QED) is 0.314. The zero-order valence-corrected chi connectivity index (χ0v) is 20.7. The molecule has 200 valence electrons. The lowest BCUT2D eigenvalue weighted by atomic mass is 9.69. The van der Waals surface area contributed by atoms with E-state index in [-0.39, 0.29) is 30.4 Å².